The van der Waals surface area contributed by atoms with Gasteiger partial charge in [-0.25, -0.2) is 0 Å². The van der Waals surface area contributed by atoms with Crippen molar-refractivity contribution in [3.63, 3.8) is 0 Å². The number of rotatable bonds is 2. The number of hydrogen-bond donors (Lipinski definition) is 1. The molecule has 1 aromatic carbocycles. The van der Waals surface area contributed by atoms with Crippen molar-refractivity contribution >= 4 is 12.6 Å². The summed E-state index contributed by atoms with van der Waals surface area (Å²) in [6.45, 7) is 1.31. The highest BCUT2D eigenvalue weighted by Crippen LogP contribution is 2.25. The predicted molar refractivity (Wildman–Crippen MR) is 66.4 cm³/mol. The summed E-state index contributed by atoms with van der Waals surface area (Å²) in [5, 5.41) is 0. The molecule has 2 rings (SSSR count). The lowest BCUT2D eigenvalue weighted by atomic mass is 10.1. The Labute approximate surface area is 101 Å². The largest absolute Gasteiger partial charge is 0.346 e. The Hall–Kier alpha value is -0.950. The molecule has 0 aliphatic carbocycles. The zero-order valence-corrected chi connectivity index (χ0v) is 9.87. The molecule has 3 heteroatoms. The molecule has 1 fully saturated rings. The summed E-state index contributed by atoms with van der Waals surface area (Å²) in [5.41, 5.74) is 2.00. The Morgan fingerprint density at radius 1 is 1.25 bits per heavy atom. The van der Waals surface area contributed by atoms with Gasteiger partial charge in [-0.15, -0.1) is 0 Å². The van der Waals surface area contributed by atoms with Crippen molar-refractivity contribution < 1.29 is 9.47 Å². The lowest BCUT2D eigenvalue weighted by molar-refractivity contribution is -0.0442. The summed E-state index contributed by atoms with van der Waals surface area (Å²) in [6, 6.07) is 7.94. The van der Waals surface area contributed by atoms with Crippen molar-refractivity contribution in [3.05, 3.63) is 35.4 Å². The topological polar surface area (TPSA) is 18.5 Å². The van der Waals surface area contributed by atoms with E-state index >= 15 is 0 Å². The van der Waals surface area contributed by atoms with Crippen molar-refractivity contribution in [2.45, 2.75) is 12.7 Å². The minimum Gasteiger partial charge on any atom is -0.346 e. The van der Waals surface area contributed by atoms with Gasteiger partial charge in [-0.2, -0.15) is 12.6 Å². The molecule has 1 saturated heterocycles. The first-order chi connectivity index (χ1) is 7.92. The molecule has 0 N–H and O–H groups in total. The second-order valence-corrected chi connectivity index (χ2v) is 3.88. The highest BCUT2D eigenvalue weighted by molar-refractivity contribution is 7.80. The van der Waals surface area contributed by atoms with Crippen molar-refractivity contribution in [3.8, 4) is 11.8 Å². The van der Waals surface area contributed by atoms with Gasteiger partial charge in [0.15, 0.2) is 6.29 Å². The molecule has 0 atom stereocenters. The van der Waals surface area contributed by atoms with Crippen LogP contribution in [0.3, 0.4) is 0 Å². The Bertz CT molecular complexity index is 400. The Morgan fingerprint density at radius 2 is 2.00 bits per heavy atom. The predicted octanol–water partition coefficient (Wildman–Crippen LogP) is 2.40. The van der Waals surface area contributed by atoms with Crippen molar-refractivity contribution in [1.82, 2.24) is 0 Å². The van der Waals surface area contributed by atoms with Gasteiger partial charge in [0.1, 0.15) is 0 Å². The Kier molecular flexibility index (Phi) is 4.29. The van der Waals surface area contributed by atoms with Crippen LogP contribution >= 0.6 is 12.6 Å². The summed E-state index contributed by atoms with van der Waals surface area (Å²) in [7, 11) is 0. The molecule has 84 valence electrons. The first-order valence-corrected chi connectivity index (χ1v) is 5.97. The van der Waals surface area contributed by atoms with E-state index in [1.54, 1.807) is 0 Å². The van der Waals surface area contributed by atoms with Crippen LogP contribution in [-0.2, 0) is 9.47 Å². The van der Waals surface area contributed by atoms with Crippen LogP contribution < -0.4 is 0 Å². The average Bonchev–Trinajstić information content (AvgIpc) is 2.83. The van der Waals surface area contributed by atoms with Crippen molar-refractivity contribution in [1.29, 1.82) is 0 Å². The van der Waals surface area contributed by atoms with Gasteiger partial charge in [-0.1, -0.05) is 30.0 Å². The molecule has 0 radical (unpaired) electrons. The molecule has 1 aliphatic rings. The Morgan fingerprint density at radius 3 is 2.75 bits per heavy atom. The van der Waals surface area contributed by atoms with Gasteiger partial charge in [0.2, 0.25) is 0 Å². The number of thiol groups is 1. The normalized spacial score (nSPS) is 15.8. The third kappa shape index (κ3) is 2.79. The van der Waals surface area contributed by atoms with E-state index in [-0.39, 0.29) is 6.29 Å². The minimum atomic E-state index is -0.249. The first-order valence-electron chi connectivity index (χ1n) is 5.33. The molecule has 1 aliphatic heterocycles. The van der Waals surface area contributed by atoms with Gasteiger partial charge >= 0.3 is 0 Å². The number of ether oxygens (including phenoxy) is 2. The number of benzene rings is 1. The van der Waals surface area contributed by atoms with Crippen LogP contribution in [0.2, 0.25) is 0 Å². The molecule has 1 heterocycles. The summed E-state index contributed by atoms with van der Waals surface area (Å²) < 4.78 is 11.0. The van der Waals surface area contributed by atoms with Gasteiger partial charge in [0.05, 0.1) is 13.2 Å². The van der Waals surface area contributed by atoms with E-state index in [0.717, 1.165) is 23.3 Å². The standard InChI is InChI=1S/C13H14O2S/c16-10-4-3-6-11-5-1-2-7-12(11)13-14-8-9-15-13/h1-2,5,7,13,16H,4,8-10H2. The van der Waals surface area contributed by atoms with Crippen LogP contribution in [0.1, 0.15) is 23.8 Å². The second-order valence-electron chi connectivity index (χ2n) is 3.44. The van der Waals surface area contributed by atoms with Crippen molar-refractivity contribution in [2.75, 3.05) is 19.0 Å². The molecule has 16 heavy (non-hydrogen) atoms. The monoisotopic (exact) mass is 234 g/mol. The van der Waals surface area contributed by atoms with E-state index in [1.165, 1.54) is 0 Å². The SMILES string of the molecule is SCCC#Cc1ccccc1C1OCCO1. The third-order valence-corrected chi connectivity index (χ3v) is 2.52. The van der Waals surface area contributed by atoms with Crippen LogP contribution in [0.4, 0.5) is 0 Å². The molecular weight excluding hydrogens is 220 g/mol. The van der Waals surface area contributed by atoms with E-state index in [1.807, 2.05) is 24.3 Å². The third-order valence-electron chi connectivity index (χ3n) is 2.30. The fraction of sp³-hybridized carbons (Fsp3) is 0.385. The zero-order valence-electron chi connectivity index (χ0n) is 8.98. The average molecular weight is 234 g/mol. The molecule has 0 amide bonds. The summed E-state index contributed by atoms with van der Waals surface area (Å²) in [6.07, 6.45) is 0.547. The maximum absolute atomic E-state index is 5.48. The highest BCUT2D eigenvalue weighted by Gasteiger charge is 2.20. The molecule has 0 saturated carbocycles. The van der Waals surface area contributed by atoms with E-state index in [2.05, 4.69) is 24.5 Å². The fourth-order valence-corrected chi connectivity index (χ4v) is 1.68. The molecule has 0 bridgehead atoms. The van der Waals surface area contributed by atoms with Gasteiger partial charge in [-0.3, -0.25) is 0 Å². The van der Waals surface area contributed by atoms with Gasteiger partial charge in [0, 0.05) is 23.3 Å². The lowest BCUT2D eigenvalue weighted by Gasteiger charge is -2.10. The smallest absolute Gasteiger partial charge is 0.185 e. The van der Waals surface area contributed by atoms with E-state index < -0.39 is 0 Å². The maximum Gasteiger partial charge on any atom is 0.185 e. The van der Waals surface area contributed by atoms with Crippen LogP contribution in [0.5, 0.6) is 0 Å². The van der Waals surface area contributed by atoms with Crippen molar-refractivity contribution in [2.24, 2.45) is 0 Å². The highest BCUT2D eigenvalue weighted by atomic mass is 32.1. The van der Waals surface area contributed by atoms with Crippen LogP contribution in [0.25, 0.3) is 0 Å². The quantitative estimate of drug-likeness (QED) is 0.625. The molecule has 0 aromatic heterocycles. The molecule has 1 aromatic rings. The fourth-order valence-electron chi connectivity index (χ4n) is 1.57. The summed E-state index contributed by atoms with van der Waals surface area (Å²) >= 11 is 4.13. The van der Waals surface area contributed by atoms with Crippen LogP contribution in [-0.4, -0.2) is 19.0 Å². The summed E-state index contributed by atoms with van der Waals surface area (Å²) in [5.74, 6) is 6.99. The zero-order chi connectivity index (χ0) is 11.2. The first kappa shape index (κ1) is 11.5. The second kappa shape index (κ2) is 5.95. The Balaban J connectivity index is 2.20. The molecular formula is C13H14O2S. The minimum absolute atomic E-state index is 0.249. The summed E-state index contributed by atoms with van der Waals surface area (Å²) in [4.78, 5) is 0. The molecule has 0 unspecified atom stereocenters. The van der Waals surface area contributed by atoms with E-state index in [0.29, 0.717) is 13.2 Å². The lowest BCUT2D eigenvalue weighted by Crippen LogP contribution is -2.00. The van der Waals surface area contributed by atoms with Gasteiger partial charge in [0.25, 0.3) is 0 Å². The van der Waals surface area contributed by atoms with Gasteiger partial charge in [-0.05, 0) is 6.07 Å². The van der Waals surface area contributed by atoms with Crippen LogP contribution in [0.15, 0.2) is 24.3 Å². The van der Waals surface area contributed by atoms with E-state index in [4.69, 9.17) is 9.47 Å². The molecule has 2 nitrogen and oxygen atoms in total. The molecule has 0 spiro atoms. The maximum atomic E-state index is 5.48. The van der Waals surface area contributed by atoms with Gasteiger partial charge < -0.3 is 9.47 Å². The number of hydrogen-bond acceptors (Lipinski definition) is 3. The van der Waals surface area contributed by atoms with Crippen LogP contribution in [0, 0.1) is 11.8 Å². The van der Waals surface area contributed by atoms with E-state index in [9.17, 15) is 0 Å².